The molecule has 0 bridgehead atoms. The van der Waals surface area contributed by atoms with Crippen LogP contribution in [0.15, 0.2) is 48.5 Å². The number of hydrogen-bond donors (Lipinski definition) is 1. The lowest BCUT2D eigenvalue weighted by molar-refractivity contribution is 0.141. The molecule has 4 nitrogen and oxygen atoms in total. The van der Waals surface area contributed by atoms with Gasteiger partial charge in [-0.15, -0.1) is 0 Å². The van der Waals surface area contributed by atoms with Crippen LogP contribution >= 0.6 is 0 Å². The van der Waals surface area contributed by atoms with E-state index in [4.69, 9.17) is 10.00 Å². The van der Waals surface area contributed by atoms with Gasteiger partial charge in [-0.2, -0.15) is 5.26 Å². The number of amides is 1. The highest BCUT2D eigenvalue weighted by Crippen LogP contribution is 2.15. The SMILES string of the molecule is N#Cc1cc(F)c(C=CCNC(=O)OCc2ccccc2)cc1F. The van der Waals surface area contributed by atoms with E-state index < -0.39 is 17.7 Å². The summed E-state index contributed by atoms with van der Waals surface area (Å²) in [5.41, 5.74) is 0.497. The van der Waals surface area contributed by atoms with Crippen molar-refractivity contribution in [3.05, 3.63) is 76.9 Å². The molecule has 0 aliphatic rings. The van der Waals surface area contributed by atoms with Crippen LogP contribution in [0, 0.1) is 23.0 Å². The van der Waals surface area contributed by atoms with Gasteiger partial charge in [-0.05, 0) is 17.7 Å². The third-order valence-corrected chi connectivity index (χ3v) is 3.08. The molecule has 0 saturated heterocycles. The fourth-order valence-electron chi connectivity index (χ4n) is 1.88. The summed E-state index contributed by atoms with van der Waals surface area (Å²) < 4.78 is 32.0. The number of ether oxygens (including phenoxy) is 1. The normalized spacial score (nSPS) is 10.4. The maximum atomic E-state index is 13.6. The third kappa shape index (κ3) is 4.92. The van der Waals surface area contributed by atoms with Crippen molar-refractivity contribution < 1.29 is 18.3 Å². The van der Waals surface area contributed by atoms with Crippen LogP contribution in [-0.4, -0.2) is 12.6 Å². The Morgan fingerprint density at radius 2 is 1.96 bits per heavy atom. The second kappa shape index (κ2) is 8.44. The smallest absolute Gasteiger partial charge is 0.407 e. The highest BCUT2D eigenvalue weighted by molar-refractivity contribution is 5.67. The molecule has 0 aromatic heterocycles. The summed E-state index contributed by atoms with van der Waals surface area (Å²) >= 11 is 0. The molecule has 1 amide bonds. The van der Waals surface area contributed by atoms with Crippen molar-refractivity contribution in [1.29, 1.82) is 5.26 Å². The lowest BCUT2D eigenvalue weighted by Crippen LogP contribution is -2.24. The van der Waals surface area contributed by atoms with E-state index in [0.29, 0.717) is 0 Å². The quantitative estimate of drug-likeness (QED) is 0.908. The Bertz CT molecular complexity index is 784. The number of rotatable bonds is 5. The van der Waals surface area contributed by atoms with Crippen molar-refractivity contribution in [3.63, 3.8) is 0 Å². The Hall–Kier alpha value is -3.20. The van der Waals surface area contributed by atoms with Gasteiger partial charge in [0.2, 0.25) is 0 Å². The highest BCUT2D eigenvalue weighted by Gasteiger charge is 2.07. The maximum absolute atomic E-state index is 13.6. The first-order valence-electron chi connectivity index (χ1n) is 7.10. The van der Waals surface area contributed by atoms with Crippen molar-refractivity contribution in [2.24, 2.45) is 0 Å². The van der Waals surface area contributed by atoms with Gasteiger partial charge in [0, 0.05) is 12.1 Å². The first-order chi connectivity index (χ1) is 11.6. The minimum absolute atomic E-state index is 0.00838. The fraction of sp³-hybridized carbons (Fsp3) is 0.111. The average molecular weight is 328 g/mol. The molecule has 2 aromatic rings. The first kappa shape index (κ1) is 17.2. The first-order valence-corrected chi connectivity index (χ1v) is 7.10. The molecule has 6 heteroatoms. The van der Waals surface area contributed by atoms with Gasteiger partial charge in [0.15, 0.2) is 0 Å². The van der Waals surface area contributed by atoms with Crippen LogP contribution in [0.1, 0.15) is 16.7 Å². The van der Waals surface area contributed by atoms with Crippen molar-refractivity contribution in [2.75, 3.05) is 6.54 Å². The summed E-state index contributed by atoms with van der Waals surface area (Å²) in [6.45, 7) is 0.237. The van der Waals surface area contributed by atoms with Crippen LogP contribution in [0.4, 0.5) is 13.6 Å². The lowest BCUT2D eigenvalue weighted by atomic mass is 10.1. The fourth-order valence-corrected chi connectivity index (χ4v) is 1.88. The van der Waals surface area contributed by atoms with Crippen molar-refractivity contribution in [2.45, 2.75) is 6.61 Å². The molecule has 0 saturated carbocycles. The zero-order valence-electron chi connectivity index (χ0n) is 12.6. The van der Waals surface area contributed by atoms with Crippen molar-refractivity contribution in [3.8, 4) is 6.07 Å². The second-order valence-corrected chi connectivity index (χ2v) is 4.81. The predicted molar refractivity (Wildman–Crippen MR) is 84.7 cm³/mol. The number of nitriles is 1. The van der Waals surface area contributed by atoms with E-state index in [-0.39, 0.29) is 24.3 Å². The molecular weight excluding hydrogens is 314 g/mol. The number of benzene rings is 2. The second-order valence-electron chi connectivity index (χ2n) is 4.81. The Labute approximate surface area is 138 Å². The summed E-state index contributed by atoms with van der Waals surface area (Å²) in [5.74, 6) is -1.51. The van der Waals surface area contributed by atoms with E-state index >= 15 is 0 Å². The van der Waals surface area contributed by atoms with Crippen molar-refractivity contribution in [1.82, 2.24) is 5.32 Å². The summed E-state index contributed by atoms with van der Waals surface area (Å²) in [6, 6.07) is 12.5. The van der Waals surface area contributed by atoms with Crippen LogP contribution in [0.3, 0.4) is 0 Å². The van der Waals surface area contributed by atoms with Crippen molar-refractivity contribution >= 4 is 12.2 Å². The molecule has 2 aromatic carbocycles. The zero-order chi connectivity index (χ0) is 17.4. The van der Waals surface area contributed by atoms with E-state index in [1.54, 1.807) is 6.07 Å². The number of alkyl carbamates (subject to hydrolysis) is 1. The van der Waals surface area contributed by atoms with Crippen LogP contribution in [0.25, 0.3) is 6.08 Å². The molecule has 0 fully saturated rings. The standard InChI is InChI=1S/C18H14F2N2O2/c19-16-10-15(11-21)17(20)9-14(16)7-4-8-22-18(23)24-12-13-5-2-1-3-6-13/h1-7,9-10H,8,12H2,(H,22,23). The molecule has 0 aliphatic heterocycles. The Morgan fingerprint density at radius 3 is 2.67 bits per heavy atom. The summed E-state index contributed by atoms with van der Waals surface area (Å²) in [4.78, 5) is 11.5. The molecular formula is C18H14F2N2O2. The number of carbonyl (C=O) groups excluding carboxylic acids is 1. The van der Waals surface area contributed by atoms with E-state index in [0.717, 1.165) is 17.7 Å². The Kier molecular flexibility index (Phi) is 6.03. The van der Waals surface area contributed by atoms with Crippen LogP contribution in [-0.2, 0) is 11.3 Å². The molecule has 0 atom stereocenters. The zero-order valence-corrected chi connectivity index (χ0v) is 12.6. The summed E-state index contributed by atoms with van der Waals surface area (Å²) in [6.07, 6.45) is 2.15. The van der Waals surface area contributed by atoms with Gasteiger partial charge in [-0.25, -0.2) is 13.6 Å². The molecule has 1 N–H and O–H groups in total. The van der Waals surface area contributed by atoms with Gasteiger partial charge in [0.05, 0.1) is 5.56 Å². The van der Waals surface area contributed by atoms with E-state index in [9.17, 15) is 13.6 Å². The number of nitrogens with one attached hydrogen (secondary N) is 1. The van der Waals surface area contributed by atoms with Crippen LogP contribution < -0.4 is 5.32 Å². The number of nitrogens with zero attached hydrogens (tertiary/aromatic N) is 1. The molecule has 0 spiro atoms. The molecule has 0 heterocycles. The molecule has 24 heavy (non-hydrogen) atoms. The van der Waals surface area contributed by atoms with E-state index in [1.165, 1.54) is 12.2 Å². The van der Waals surface area contributed by atoms with Gasteiger partial charge in [-0.3, -0.25) is 0 Å². The van der Waals surface area contributed by atoms with Crippen LogP contribution in [0.5, 0.6) is 0 Å². The number of hydrogen-bond acceptors (Lipinski definition) is 3. The average Bonchev–Trinajstić information content (AvgIpc) is 2.60. The monoisotopic (exact) mass is 328 g/mol. The van der Waals surface area contributed by atoms with Gasteiger partial charge >= 0.3 is 6.09 Å². The van der Waals surface area contributed by atoms with E-state index in [2.05, 4.69) is 5.32 Å². The van der Waals surface area contributed by atoms with Gasteiger partial charge < -0.3 is 10.1 Å². The molecule has 0 radical (unpaired) electrons. The summed E-state index contributed by atoms with van der Waals surface area (Å²) in [7, 11) is 0. The molecule has 0 unspecified atom stereocenters. The topological polar surface area (TPSA) is 62.1 Å². The number of halogens is 2. The Balaban J connectivity index is 1.81. The maximum Gasteiger partial charge on any atom is 0.407 e. The molecule has 0 aliphatic carbocycles. The largest absolute Gasteiger partial charge is 0.445 e. The third-order valence-electron chi connectivity index (χ3n) is 3.08. The van der Waals surface area contributed by atoms with Crippen LogP contribution in [0.2, 0.25) is 0 Å². The Morgan fingerprint density at radius 1 is 1.21 bits per heavy atom. The lowest BCUT2D eigenvalue weighted by Gasteiger charge is -2.05. The molecule has 2 rings (SSSR count). The van der Waals surface area contributed by atoms with Gasteiger partial charge in [0.25, 0.3) is 0 Å². The van der Waals surface area contributed by atoms with Gasteiger partial charge in [0.1, 0.15) is 24.3 Å². The minimum Gasteiger partial charge on any atom is -0.445 e. The highest BCUT2D eigenvalue weighted by atomic mass is 19.1. The predicted octanol–water partition coefficient (Wildman–Crippen LogP) is 3.78. The van der Waals surface area contributed by atoms with Gasteiger partial charge in [-0.1, -0.05) is 42.5 Å². The van der Waals surface area contributed by atoms with E-state index in [1.807, 2.05) is 30.3 Å². The number of carbonyl (C=O) groups is 1. The summed E-state index contributed by atoms with van der Waals surface area (Å²) in [5, 5.41) is 11.1. The minimum atomic E-state index is -0.797. The molecule has 122 valence electrons.